The summed E-state index contributed by atoms with van der Waals surface area (Å²) in [6.07, 6.45) is 2.34. The molecule has 0 radical (unpaired) electrons. The van der Waals surface area contributed by atoms with Crippen LogP contribution in [0.5, 0.6) is 0 Å². The molecule has 20 heavy (non-hydrogen) atoms. The van der Waals surface area contributed by atoms with Crippen molar-refractivity contribution in [1.82, 2.24) is 4.90 Å². The molecule has 3 unspecified atom stereocenters. The smallest absolute Gasteiger partial charge is 0.311 e. The molecule has 3 atom stereocenters. The third-order valence-corrected chi connectivity index (χ3v) is 3.78. The number of hydrogen-bond donors (Lipinski definition) is 2. The van der Waals surface area contributed by atoms with E-state index >= 15 is 0 Å². The number of ether oxygens (including phenoxy) is 1. The molecule has 1 aliphatic rings. The first-order valence-electron chi connectivity index (χ1n) is 7.34. The summed E-state index contributed by atoms with van der Waals surface area (Å²) in [5.41, 5.74) is 5.47. The van der Waals surface area contributed by atoms with E-state index in [0.29, 0.717) is 19.7 Å². The Bertz CT molecular complexity index is 335. The topological polar surface area (TPSA) is 92.9 Å². The Hall–Kier alpha value is -1.14. The second-order valence-electron chi connectivity index (χ2n) is 5.41. The van der Waals surface area contributed by atoms with Crippen molar-refractivity contribution in [3.8, 4) is 0 Å². The SMILES string of the molecule is CCCN(C(=O)C(C)CCCN)C1COCC1C(=O)O. The fourth-order valence-electron chi connectivity index (χ4n) is 2.60. The fraction of sp³-hybridized carbons (Fsp3) is 0.857. The zero-order valence-electron chi connectivity index (χ0n) is 12.4. The van der Waals surface area contributed by atoms with E-state index in [9.17, 15) is 14.7 Å². The maximum Gasteiger partial charge on any atom is 0.311 e. The minimum absolute atomic E-state index is 0.0158. The van der Waals surface area contributed by atoms with Crippen molar-refractivity contribution in [3.05, 3.63) is 0 Å². The van der Waals surface area contributed by atoms with Crippen LogP contribution in [0, 0.1) is 11.8 Å². The van der Waals surface area contributed by atoms with Gasteiger partial charge in [0.1, 0.15) is 5.92 Å². The van der Waals surface area contributed by atoms with Gasteiger partial charge in [0.2, 0.25) is 5.91 Å². The molecule has 0 aromatic carbocycles. The van der Waals surface area contributed by atoms with Gasteiger partial charge in [-0.25, -0.2) is 0 Å². The van der Waals surface area contributed by atoms with E-state index in [1.165, 1.54) is 0 Å². The van der Waals surface area contributed by atoms with E-state index in [2.05, 4.69) is 0 Å². The van der Waals surface area contributed by atoms with E-state index < -0.39 is 11.9 Å². The van der Waals surface area contributed by atoms with Crippen molar-refractivity contribution in [2.24, 2.45) is 17.6 Å². The van der Waals surface area contributed by atoms with Gasteiger partial charge in [0.25, 0.3) is 0 Å². The van der Waals surface area contributed by atoms with Gasteiger partial charge in [-0.2, -0.15) is 0 Å². The van der Waals surface area contributed by atoms with Crippen LogP contribution in [0.2, 0.25) is 0 Å². The van der Waals surface area contributed by atoms with E-state index in [1.807, 2.05) is 13.8 Å². The molecule has 0 aromatic rings. The summed E-state index contributed by atoms with van der Waals surface area (Å²) in [6, 6.07) is -0.347. The number of carbonyl (C=O) groups excluding carboxylic acids is 1. The predicted octanol–water partition coefficient (Wildman–Crippen LogP) is 0.700. The lowest BCUT2D eigenvalue weighted by atomic mass is 9.98. The van der Waals surface area contributed by atoms with Gasteiger partial charge in [0, 0.05) is 12.5 Å². The van der Waals surface area contributed by atoms with Gasteiger partial charge < -0.3 is 20.5 Å². The molecule has 1 saturated heterocycles. The Kier molecular flexibility index (Phi) is 6.95. The first-order chi connectivity index (χ1) is 9.52. The monoisotopic (exact) mass is 286 g/mol. The molecule has 0 spiro atoms. The Labute approximate surface area is 120 Å². The molecule has 1 aliphatic heterocycles. The first-order valence-corrected chi connectivity index (χ1v) is 7.34. The van der Waals surface area contributed by atoms with Crippen molar-refractivity contribution >= 4 is 11.9 Å². The Morgan fingerprint density at radius 1 is 1.45 bits per heavy atom. The lowest BCUT2D eigenvalue weighted by Crippen LogP contribution is -2.48. The van der Waals surface area contributed by atoms with E-state index in [1.54, 1.807) is 4.90 Å². The van der Waals surface area contributed by atoms with Gasteiger partial charge in [-0.1, -0.05) is 13.8 Å². The number of hydrogen-bond acceptors (Lipinski definition) is 4. The second kappa shape index (κ2) is 8.21. The standard InChI is InChI=1S/C14H26N2O4/c1-3-7-16(13(17)10(2)5-4-6-15)12-9-20-8-11(12)14(18)19/h10-12H,3-9,15H2,1-2H3,(H,18,19). The highest BCUT2D eigenvalue weighted by Gasteiger charge is 2.40. The van der Waals surface area contributed by atoms with Crippen LogP contribution in [0.4, 0.5) is 0 Å². The van der Waals surface area contributed by atoms with Crippen molar-refractivity contribution in [1.29, 1.82) is 0 Å². The van der Waals surface area contributed by atoms with Crippen LogP contribution >= 0.6 is 0 Å². The number of rotatable bonds is 8. The third-order valence-electron chi connectivity index (χ3n) is 3.78. The largest absolute Gasteiger partial charge is 0.481 e. The molecule has 116 valence electrons. The van der Waals surface area contributed by atoms with Crippen molar-refractivity contribution < 1.29 is 19.4 Å². The van der Waals surface area contributed by atoms with Crippen LogP contribution in [0.15, 0.2) is 0 Å². The van der Waals surface area contributed by atoms with Crippen LogP contribution < -0.4 is 5.73 Å². The molecule has 1 amide bonds. The van der Waals surface area contributed by atoms with Gasteiger partial charge in [0.15, 0.2) is 0 Å². The van der Waals surface area contributed by atoms with Crippen molar-refractivity contribution in [2.45, 2.75) is 39.2 Å². The normalized spacial score (nSPS) is 23.6. The molecule has 1 rings (SSSR count). The predicted molar refractivity (Wildman–Crippen MR) is 75.2 cm³/mol. The summed E-state index contributed by atoms with van der Waals surface area (Å²) in [4.78, 5) is 25.5. The molecule has 0 aromatic heterocycles. The summed E-state index contributed by atoms with van der Waals surface area (Å²) >= 11 is 0. The molecule has 0 saturated carbocycles. The van der Waals surface area contributed by atoms with Gasteiger partial charge in [0.05, 0.1) is 19.3 Å². The average molecular weight is 286 g/mol. The second-order valence-corrected chi connectivity index (χ2v) is 5.41. The van der Waals surface area contributed by atoms with E-state index in [-0.39, 0.29) is 24.5 Å². The Balaban J connectivity index is 2.76. The Morgan fingerprint density at radius 3 is 2.70 bits per heavy atom. The zero-order valence-corrected chi connectivity index (χ0v) is 12.4. The maximum atomic E-state index is 12.5. The van der Waals surface area contributed by atoms with Gasteiger partial charge >= 0.3 is 5.97 Å². The van der Waals surface area contributed by atoms with Crippen LogP contribution in [0.25, 0.3) is 0 Å². The molecule has 3 N–H and O–H groups in total. The number of nitrogens with two attached hydrogens (primary N) is 1. The van der Waals surface area contributed by atoms with E-state index in [0.717, 1.165) is 19.3 Å². The van der Waals surface area contributed by atoms with Crippen molar-refractivity contribution in [2.75, 3.05) is 26.3 Å². The third kappa shape index (κ3) is 4.18. The number of nitrogens with zero attached hydrogens (tertiary/aromatic N) is 1. The molecule has 0 aliphatic carbocycles. The van der Waals surface area contributed by atoms with Crippen LogP contribution in [-0.4, -0.2) is 54.2 Å². The summed E-state index contributed by atoms with van der Waals surface area (Å²) < 4.78 is 5.27. The molecule has 1 fully saturated rings. The fourth-order valence-corrected chi connectivity index (χ4v) is 2.60. The van der Waals surface area contributed by atoms with E-state index in [4.69, 9.17) is 10.5 Å². The highest BCUT2D eigenvalue weighted by atomic mass is 16.5. The van der Waals surface area contributed by atoms with Crippen LogP contribution in [0.3, 0.4) is 0 Å². The Morgan fingerprint density at radius 2 is 2.15 bits per heavy atom. The molecular formula is C14H26N2O4. The summed E-state index contributed by atoms with van der Waals surface area (Å²) in [5, 5.41) is 9.23. The molecule has 1 heterocycles. The molecule has 6 nitrogen and oxygen atoms in total. The highest BCUT2D eigenvalue weighted by molar-refractivity contribution is 5.80. The number of carboxylic acids is 1. The summed E-state index contributed by atoms with van der Waals surface area (Å²) in [5.74, 6) is -1.62. The highest BCUT2D eigenvalue weighted by Crippen LogP contribution is 2.23. The van der Waals surface area contributed by atoms with Crippen LogP contribution in [0.1, 0.15) is 33.1 Å². The number of amides is 1. The molecular weight excluding hydrogens is 260 g/mol. The average Bonchev–Trinajstić information content (AvgIpc) is 2.90. The van der Waals surface area contributed by atoms with Crippen molar-refractivity contribution in [3.63, 3.8) is 0 Å². The lowest BCUT2D eigenvalue weighted by molar-refractivity contribution is -0.146. The minimum atomic E-state index is -0.893. The van der Waals surface area contributed by atoms with Gasteiger partial charge in [-0.15, -0.1) is 0 Å². The van der Waals surface area contributed by atoms with Gasteiger partial charge in [-0.3, -0.25) is 9.59 Å². The number of carboxylic acid groups (broad SMARTS) is 1. The maximum absolute atomic E-state index is 12.5. The molecule has 0 bridgehead atoms. The lowest BCUT2D eigenvalue weighted by Gasteiger charge is -2.32. The number of carbonyl (C=O) groups is 2. The molecule has 6 heteroatoms. The summed E-state index contributed by atoms with van der Waals surface area (Å²) in [7, 11) is 0. The summed E-state index contributed by atoms with van der Waals surface area (Å²) in [6.45, 7) is 5.50. The quantitative estimate of drug-likeness (QED) is 0.685. The minimum Gasteiger partial charge on any atom is -0.481 e. The van der Waals surface area contributed by atoms with Gasteiger partial charge in [-0.05, 0) is 25.8 Å². The number of aliphatic carboxylic acids is 1. The van der Waals surface area contributed by atoms with Crippen LogP contribution in [-0.2, 0) is 14.3 Å². The zero-order chi connectivity index (χ0) is 15.1. The first kappa shape index (κ1) is 16.9.